The van der Waals surface area contributed by atoms with Gasteiger partial charge in [-0.25, -0.2) is 14.8 Å². The Hall–Kier alpha value is -1.86. The first kappa shape index (κ1) is 18.5. The fraction of sp³-hybridized carbons (Fsp3) is 0.562. The van der Waals surface area contributed by atoms with E-state index in [1.807, 2.05) is 34.0 Å². The van der Waals surface area contributed by atoms with Gasteiger partial charge < -0.3 is 19.5 Å². The molecule has 2 aromatic heterocycles. The molecule has 0 fully saturated rings. The summed E-state index contributed by atoms with van der Waals surface area (Å²) >= 11 is 6.16. The second-order valence-electron chi connectivity index (χ2n) is 6.84. The lowest BCUT2D eigenvalue weighted by Crippen LogP contribution is -2.38. The summed E-state index contributed by atoms with van der Waals surface area (Å²) in [5, 5.41) is 1.28. The Kier molecular flexibility index (Phi) is 5.66. The molecule has 1 amide bonds. The summed E-state index contributed by atoms with van der Waals surface area (Å²) in [5.41, 5.74) is 1.26. The van der Waals surface area contributed by atoms with E-state index in [0.717, 1.165) is 16.6 Å². The molecule has 0 saturated carbocycles. The highest BCUT2D eigenvalue weighted by molar-refractivity contribution is 6.34. The highest BCUT2D eigenvalue weighted by Gasteiger charge is 2.19. The summed E-state index contributed by atoms with van der Waals surface area (Å²) in [6.45, 7) is 7.51. The van der Waals surface area contributed by atoms with Crippen LogP contribution in [0.15, 0.2) is 12.5 Å². The van der Waals surface area contributed by atoms with Crippen molar-refractivity contribution in [3.05, 3.63) is 23.2 Å². The van der Waals surface area contributed by atoms with Gasteiger partial charge in [-0.1, -0.05) is 11.6 Å². The number of hydrogen-bond donors (Lipinski definition) is 1. The zero-order chi connectivity index (χ0) is 17.9. The van der Waals surface area contributed by atoms with Crippen molar-refractivity contribution in [3.63, 3.8) is 0 Å². The number of carbonyl (C=O) groups excluding carboxylic acids is 1. The molecule has 0 saturated heterocycles. The molecule has 0 atom stereocenters. The third kappa shape index (κ3) is 4.82. The van der Waals surface area contributed by atoms with Crippen molar-refractivity contribution < 1.29 is 9.53 Å². The van der Waals surface area contributed by atoms with Crippen molar-refractivity contribution in [1.82, 2.24) is 24.8 Å². The third-order valence-electron chi connectivity index (χ3n) is 3.47. The van der Waals surface area contributed by atoms with E-state index in [9.17, 15) is 4.79 Å². The molecule has 8 heteroatoms. The van der Waals surface area contributed by atoms with Crippen LogP contribution in [0.1, 0.15) is 26.3 Å². The molecule has 1 N–H and O–H groups in total. The number of aromatic nitrogens is 3. The monoisotopic (exact) mass is 353 g/mol. The average Bonchev–Trinajstić information content (AvgIpc) is 2.87. The lowest BCUT2D eigenvalue weighted by Gasteiger charge is -2.26. The number of H-pyrrole nitrogens is 1. The molecule has 0 bridgehead atoms. The van der Waals surface area contributed by atoms with Gasteiger partial charge in [0.1, 0.15) is 22.7 Å². The van der Waals surface area contributed by atoms with Gasteiger partial charge in [0.2, 0.25) is 0 Å². The van der Waals surface area contributed by atoms with E-state index < -0.39 is 5.60 Å². The Labute approximate surface area is 147 Å². The van der Waals surface area contributed by atoms with Gasteiger partial charge in [-0.05, 0) is 33.4 Å². The van der Waals surface area contributed by atoms with E-state index in [1.54, 1.807) is 11.9 Å². The van der Waals surface area contributed by atoms with Gasteiger partial charge in [0, 0.05) is 32.9 Å². The number of likely N-dealkylation sites (N-methyl/N-ethyl adjacent to an activating group) is 2. The Morgan fingerprint density at radius 2 is 2.00 bits per heavy atom. The predicted octanol–water partition coefficient (Wildman–Crippen LogP) is 2.91. The number of ether oxygens (including phenoxy) is 1. The molecule has 0 unspecified atom stereocenters. The molecule has 132 valence electrons. The van der Waals surface area contributed by atoms with Crippen molar-refractivity contribution in [2.24, 2.45) is 0 Å². The molecule has 0 aliphatic heterocycles. The number of carbonyl (C=O) groups is 1. The maximum Gasteiger partial charge on any atom is 0.410 e. The Morgan fingerprint density at radius 3 is 2.67 bits per heavy atom. The number of aromatic amines is 1. The van der Waals surface area contributed by atoms with Crippen LogP contribution in [0, 0.1) is 0 Å². The fourth-order valence-corrected chi connectivity index (χ4v) is 2.49. The Morgan fingerprint density at radius 1 is 1.29 bits per heavy atom. The van der Waals surface area contributed by atoms with Gasteiger partial charge in [0.25, 0.3) is 0 Å². The minimum atomic E-state index is -0.488. The van der Waals surface area contributed by atoms with Crippen LogP contribution in [0.5, 0.6) is 0 Å². The molecule has 0 aromatic carbocycles. The van der Waals surface area contributed by atoms with Crippen molar-refractivity contribution in [3.8, 4) is 0 Å². The molecular formula is C16H24ClN5O2. The second kappa shape index (κ2) is 7.36. The van der Waals surface area contributed by atoms with Gasteiger partial charge >= 0.3 is 6.09 Å². The molecule has 24 heavy (non-hydrogen) atoms. The van der Waals surface area contributed by atoms with Gasteiger partial charge in [-0.15, -0.1) is 0 Å². The normalized spacial score (nSPS) is 12.0. The maximum atomic E-state index is 12.0. The van der Waals surface area contributed by atoms with Crippen LogP contribution in [0.2, 0.25) is 5.15 Å². The number of amides is 1. The Bertz CT molecular complexity index is 710. The van der Waals surface area contributed by atoms with E-state index in [-0.39, 0.29) is 6.09 Å². The molecule has 2 rings (SSSR count). The van der Waals surface area contributed by atoms with E-state index in [2.05, 4.69) is 19.9 Å². The number of halogens is 1. The zero-order valence-electron chi connectivity index (χ0n) is 14.8. The molecule has 7 nitrogen and oxygen atoms in total. The molecule has 0 aliphatic rings. The van der Waals surface area contributed by atoms with Gasteiger partial charge in [0.05, 0.1) is 5.39 Å². The van der Waals surface area contributed by atoms with E-state index in [4.69, 9.17) is 16.3 Å². The van der Waals surface area contributed by atoms with Crippen molar-refractivity contribution in [2.75, 3.05) is 27.2 Å². The van der Waals surface area contributed by atoms with Crippen LogP contribution in [-0.4, -0.2) is 63.6 Å². The summed E-state index contributed by atoms with van der Waals surface area (Å²) in [6, 6.07) is 0. The fourth-order valence-electron chi connectivity index (χ4n) is 2.23. The lowest BCUT2D eigenvalue weighted by molar-refractivity contribution is 0.0286. The number of nitrogens with zero attached hydrogens (tertiary/aromatic N) is 4. The van der Waals surface area contributed by atoms with Crippen molar-refractivity contribution >= 4 is 28.7 Å². The molecule has 2 heterocycles. The van der Waals surface area contributed by atoms with E-state index in [1.165, 1.54) is 6.33 Å². The largest absolute Gasteiger partial charge is 0.444 e. The standard InChI is InChI=1S/C16H24ClN5O2/c1-16(2,3)24-15(23)22(5)7-6-21(4)9-11-8-18-14-12(11)13(17)19-10-20-14/h8,10H,6-7,9H2,1-5H3,(H,18,19,20). The molecule has 0 spiro atoms. The molecular weight excluding hydrogens is 330 g/mol. The van der Waals surface area contributed by atoms with Crippen molar-refractivity contribution in [2.45, 2.75) is 32.9 Å². The van der Waals surface area contributed by atoms with Crippen molar-refractivity contribution in [1.29, 1.82) is 0 Å². The Balaban J connectivity index is 1.91. The number of nitrogens with one attached hydrogen (secondary N) is 1. The van der Waals surface area contributed by atoms with Crippen LogP contribution in [0.4, 0.5) is 4.79 Å². The highest BCUT2D eigenvalue weighted by Crippen LogP contribution is 2.23. The minimum absolute atomic E-state index is 0.320. The predicted molar refractivity (Wildman–Crippen MR) is 94.1 cm³/mol. The smallest absolute Gasteiger partial charge is 0.410 e. The average molecular weight is 354 g/mol. The number of fused-ring (bicyclic) bond motifs is 1. The highest BCUT2D eigenvalue weighted by atomic mass is 35.5. The zero-order valence-corrected chi connectivity index (χ0v) is 15.5. The summed E-state index contributed by atoms with van der Waals surface area (Å²) in [5.74, 6) is 0. The first-order valence-corrected chi connectivity index (χ1v) is 8.14. The van der Waals surface area contributed by atoms with Crippen LogP contribution in [0.3, 0.4) is 0 Å². The first-order valence-electron chi connectivity index (χ1n) is 7.76. The van der Waals surface area contributed by atoms with E-state index in [0.29, 0.717) is 24.8 Å². The first-order chi connectivity index (χ1) is 11.2. The molecule has 2 aromatic rings. The second-order valence-corrected chi connectivity index (χ2v) is 7.20. The topological polar surface area (TPSA) is 74.3 Å². The summed E-state index contributed by atoms with van der Waals surface area (Å²) in [7, 11) is 3.72. The number of hydrogen-bond acceptors (Lipinski definition) is 5. The van der Waals surface area contributed by atoms with Crippen LogP contribution < -0.4 is 0 Å². The third-order valence-corrected chi connectivity index (χ3v) is 3.75. The molecule has 0 aliphatic carbocycles. The maximum absolute atomic E-state index is 12.0. The van der Waals surface area contributed by atoms with Crippen LogP contribution in [-0.2, 0) is 11.3 Å². The van der Waals surface area contributed by atoms with Gasteiger partial charge in [-0.3, -0.25) is 0 Å². The van der Waals surface area contributed by atoms with Gasteiger partial charge in [-0.2, -0.15) is 0 Å². The van der Waals surface area contributed by atoms with E-state index >= 15 is 0 Å². The summed E-state index contributed by atoms with van der Waals surface area (Å²) in [6.07, 6.45) is 3.00. The minimum Gasteiger partial charge on any atom is -0.444 e. The van der Waals surface area contributed by atoms with Gasteiger partial charge in [0.15, 0.2) is 0 Å². The quantitative estimate of drug-likeness (QED) is 0.836. The molecule has 0 radical (unpaired) electrons. The number of rotatable bonds is 5. The summed E-state index contributed by atoms with van der Waals surface area (Å²) in [4.78, 5) is 26.9. The van der Waals surface area contributed by atoms with Crippen LogP contribution in [0.25, 0.3) is 11.0 Å². The lowest BCUT2D eigenvalue weighted by atomic mass is 10.2. The van der Waals surface area contributed by atoms with Crippen LogP contribution >= 0.6 is 11.6 Å². The summed E-state index contributed by atoms with van der Waals surface area (Å²) < 4.78 is 5.34. The SMILES string of the molecule is CN(CCN(C)C(=O)OC(C)(C)C)Cc1c[nH]c2ncnc(Cl)c12.